The molecule has 2 aromatic rings. The van der Waals surface area contributed by atoms with Crippen molar-refractivity contribution in [2.75, 3.05) is 11.9 Å². The molecular formula is C20H16F3N3O3. The van der Waals surface area contributed by atoms with Gasteiger partial charge >= 0.3 is 12.2 Å². The number of hydrogen-bond donors (Lipinski definition) is 2. The fourth-order valence-electron chi connectivity index (χ4n) is 3.85. The molecule has 6 nitrogen and oxygen atoms in total. The van der Waals surface area contributed by atoms with Crippen molar-refractivity contribution in [3.63, 3.8) is 0 Å². The van der Waals surface area contributed by atoms with Crippen molar-refractivity contribution in [1.82, 2.24) is 10.2 Å². The second kappa shape index (κ2) is 6.61. The minimum atomic E-state index is -4.55. The molecule has 150 valence electrons. The average molecular weight is 403 g/mol. The smallest absolute Gasteiger partial charge is 0.325 e. The molecule has 2 N–H and O–H groups in total. The Morgan fingerprint density at radius 1 is 1.14 bits per heavy atom. The summed E-state index contributed by atoms with van der Waals surface area (Å²) in [5, 5.41) is 5.00. The number of nitrogens with zero attached hydrogens (tertiary/aromatic N) is 1. The summed E-state index contributed by atoms with van der Waals surface area (Å²) in [5.74, 6) is -1.30. The molecule has 2 aliphatic rings. The molecule has 1 atom stereocenters. The van der Waals surface area contributed by atoms with Crippen LogP contribution in [-0.2, 0) is 27.7 Å². The highest BCUT2D eigenvalue weighted by Gasteiger charge is 2.55. The summed E-state index contributed by atoms with van der Waals surface area (Å²) < 4.78 is 38.4. The van der Waals surface area contributed by atoms with E-state index in [0.717, 1.165) is 28.7 Å². The highest BCUT2D eigenvalue weighted by atomic mass is 19.4. The Morgan fingerprint density at radius 2 is 1.90 bits per heavy atom. The van der Waals surface area contributed by atoms with Gasteiger partial charge in [0.25, 0.3) is 5.91 Å². The number of imide groups is 1. The number of halogens is 3. The van der Waals surface area contributed by atoms with Gasteiger partial charge in [-0.3, -0.25) is 14.5 Å². The maximum absolute atomic E-state index is 13.0. The van der Waals surface area contributed by atoms with E-state index in [-0.39, 0.29) is 5.69 Å². The number of nitrogens with one attached hydrogen (secondary N) is 2. The summed E-state index contributed by atoms with van der Waals surface area (Å²) in [4.78, 5) is 38.5. The van der Waals surface area contributed by atoms with Gasteiger partial charge in [0.2, 0.25) is 5.91 Å². The van der Waals surface area contributed by atoms with Crippen molar-refractivity contribution >= 4 is 23.5 Å². The number of carbonyl (C=O) groups is 3. The van der Waals surface area contributed by atoms with Gasteiger partial charge in [-0.15, -0.1) is 0 Å². The summed E-state index contributed by atoms with van der Waals surface area (Å²) in [6.07, 6.45) is -3.54. The number of anilines is 1. The van der Waals surface area contributed by atoms with Gasteiger partial charge in [0.1, 0.15) is 12.1 Å². The predicted molar refractivity (Wildman–Crippen MR) is 96.8 cm³/mol. The number of rotatable bonds is 3. The van der Waals surface area contributed by atoms with E-state index < -0.39 is 41.7 Å². The summed E-state index contributed by atoms with van der Waals surface area (Å²) in [5.41, 5.74) is -0.510. The Morgan fingerprint density at radius 3 is 2.66 bits per heavy atom. The van der Waals surface area contributed by atoms with Crippen LogP contribution in [0, 0.1) is 0 Å². The Bertz CT molecular complexity index is 1020. The van der Waals surface area contributed by atoms with E-state index in [1.807, 2.05) is 12.1 Å². The third-order valence-corrected chi connectivity index (χ3v) is 5.20. The molecular weight excluding hydrogens is 387 g/mol. The Kier molecular flexibility index (Phi) is 4.33. The van der Waals surface area contributed by atoms with Gasteiger partial charge in [0, 0.05) is 5.69 Å². The highest BCUT2D eigenvalue weighted by molar-refractivity contribution is 6.10. The Balaban J connectivity index is 1.50. The van der Waals surface area contributed by atoms with Crippen LogP contribution in [0.1, 0.15) is 23.1 Å². The summed E-state index contributed by atoms with van der Waals surface area (Å²) in [6.45, 7) is -0.592. The van der Waals surface area contributed by atoms with Crippen molar-refractivity contribution in [3.8, 4) is 0 Å². The molecule has 1 spiro atoms. The van der Waals surface area contributed by atoms with Gasteiger partial charge in [-0.1, -0.05) is 30.3 Å². The normalized spacial score (nSPS) is 20.7. The van der Waals surface area contributed by atoms with Crippen LogP contribution < -0.4 is 10.6 Å². The number of benzene rings is 2. The molecule has 1 unspecified atom stereocenters. The zero-order chi connectivity index (χ0) is 20.8. The van der Waals surface area contributed by atoms with Gasteiger partial charge in [0.05, 0.1) is 5.56 Å². The van der Waals surface area contributed by atoms with Crippen LogP contribution in [0.4, 0.5) is 23.7 Å². The molecule has 4 amide bonds. The van der Waals surface area contributed by atoms with Gasteiger partial charge in [-0.25, -0.2) is 4.79 Å². The summed E-state index contributed by atoms with van der Waals surface area (Å²) in [6, 6.07) is 10.7. The van der Waals surface area contributed by atoms with Gasteiger partial charge < -0.3 is 10.6 Å². The fraction of sp³-hybridized carbons (Fsp3) is 0.250. The monoisotopic (exact) mass is 403 g/mol. The number of fused-ring (bicyclic) bond motifs is 2. The maximum atomic E-state index is 13.0. The number of carbonyl (C=O) groups excluding carboxylic acids is 3. The molecule has 0 saturated carbocycles. The zero-order valence-corrected chi connectivity index (χ0v) is 15.0. The zero-order valence-electron chi connectivity index (χ0n) is 15.0. The fourth-order valence-corrected chi connectivity index (χ4v) is 3.85. The quantitative estimate of drug-likeness (QED) is 0.774. The van der Waals surface area contributed by atoms with Crippen LogP contribution in [0.2, 0.25) is 0 Å². The van der Waals surface area contributed by atoms with Crippen LogP contribution in [-0.4, -0.2) is 29.3 Å². The van der Waals surface area contributed by atoms with Crippen molar-refractivity contribution in [2.45, 2.75) is 24.6 Å². The number of aryl methyl sites for hydroxylation is 1. The lowest BCUT2D eigenvalue weighted by atomic mass is 9.92. The van der Waals surface area contributed by atoms with Crippen molar-refractivity contribution in [1.29, 1.82) is 0 Å². The Hall–Kier alpha value is -3.36. The molecule has 1 fully saturated rings. The topological polar surface area (TPSA) is 78.5 Å². The maximum Gasteiger partial charge on any atom is 0.416 e. The second-order valence-corrected chi connectivity index (χ2v) is 7.01. The molecule has 1 saturated heterocycles. The van der Waals surface area contributed by atoms with Crippen LogP contribution >= 0.6 is 0 Å². The lowest BCUT2D eigenvalue weighted by molar-refractivity contribution is -0.137. The molecule has 9 heteroatoms. The molecule has 1 aliphatic carbocycles. The standard InChI is InChI=1S/C20H16F3N3O3/c21-20(22,23)13-5-3-6-14(10-13)24-16(27)11-26-17(28)19(25-18(26)29)9-8-12-4-1-2-7-15(12)19/h1-7,10H,8-9,11H2,(H,24,27)(H,25,29). The predicted octanol–water partition coefficient (Wildman–Crippen LogP) is 3.04. The molecule has 4 rings (SSSR count). The van der Waals surface area contributed by atoms with Crippen molar-refractivity contribution in [2.24, 2.45) is 0 Å². The van der Waals surface area contributed by atoms with E-state index in [2.05, 4.69) is 10.6 Å². The molecule has 0 aromatic heterocycles. The second-order valence-electron chi connectivity index (χ2n) is 7.01. The van der Waals surface area contributed by atoms with E-state index in [9.17, 15) is 27.6 Å². The lowest BCUT2D eigenvalue weighted by Crippen LogP contribution is -2.43. The lowest BCUT2D eigenvalue weighted by Gasteiger charge is -2.22. The molecule has 1 heterocycles. The molecule has 2 aromatic carbocycles. The van der Waals surface area contributed by atoms with E-state index in [0.29, 0.717) is 18.4 Å². The van der Waals surface area contributed by atoms with Crippen LogP contribution in [0.25, 0.3) is 0 Å². The Labute approximate surface area is 163 Å². The van der Waals surface area contributed by atoms with Crippen LogP contribution in [0.15, 0.2) is 48.5 Å². The SMILES string of the molecule is O=C(CN1C(=O)NC2(CCc3ccccc32)C1=O)Nc1cccc(C(F)(F)F)c1. The molecule has 0 bridgehead atoms. The van der Waals surface area contributed by atoms with E-state index >= 15 is 0 Å². The van der Waals surface area contributed by atoms with E-state index in [1.54, 1.807) is 12.1 Å². The van der Waals surface area contributed by atoms with Crippen LogP contribution in [0.5, 0.6) is 0 Å². The summed E-state index contributed by atoms with van der Waals surface area (Å²) in [7, 11) is 0. The number of urea groups is 1. The molecule has 1 aliphatic heterocycles. The molecule has 0 radical (unpaired) electrons. The highest BCUT2D eigenvalue weighted by Crippen LogP contribution is 2.41. The van der Waals surface area contributed by atoms with Crippen molar-refractivity contribution in [3.05, 3.63) is 65.2 Å². The first-order valence-corrected chi connectivity index (χ1v) is 8.90. The van der Waals surface area contributed by atoms with Crippen molar-refractivity contribution < 1.29 is 27.6 Å². The number of alkyl halides is 3. The molecule has 29 heavy (non-hydrogen) atoms. The van der Waals surface area contributed by atoms with Crippen LogP contribution in [0.3, 0.4) is 0 Å². The van der Waals surface area contributed by atoms with Gasteiger partial charge in [-0.05, 0) is 42.2 Å². The average Bonchev–Trinajstić information content (AvgIpc) is 3.15. The minimum Gasteiger partial charge on any atom is -0.325 e. The van der Waals surface area contributed by atoms with E-state index in [1.165, 1.54) is 6.07 Å². The van der Waals surface area contributed by atoms with Gasteiger partial charge in [-0.2, -0.15) is 13.2 Å². The first-order valence-electron chi connectivity index (χ1n) is 8.90. The van der Waals surface area contributed by atoms with E-state index in [4.69, 9.17) is 0 Å². The summed E-state index contributed by atoms with van der Waals surface area (Å²) >= 11 is 0. The minimum absolute atomic E-state index is 0.0715. The first kappa shape index (κ1) is 19.0. The number of amides is 4. The van der Waals surface area contributed by atoms with Gasteiger partial charge in [0.15, 0.2) is 0 Å². The third kappa shape index (κ3) is 3.22. The third-order valence-electron chi connectivity index (χ3n) is 5.20. The first-order chi connectivity index (χ1) is 13.7. The largest absolute Gasteiger partial charge is 0.416 e. The number of hydrogen-bond acceptors (Lipinski definition) is 3.